The molecule has 5 nitrogen and oxygen atoms in total. The lowest BCUT2D eigenvalue weighted by Gasteiger charge is -2.31. The maximum Gasteiger partial charge on any atom is 0.417 e. The van der Waals surface area contributed by atoms with Crippen molar-refractivity contribution in [2.75, 3.05) is 24.1 Å². The van der Waals surface area contributed by atoms with Gasteiger partial charge in [-0.3, -0.25) is 0 Å². The molecule has 0 unspecified atom stereocenters. The van der Waals surface area contributed by atoms with Crippen molar-refractivity contribution in [3.05, 3.63) is 22.7 Å². The average Bonchev–Trinajstić information content (AvgIpc) is 2.42. The van der Waals surface area contributed by atoms with Crippen LogP contribution in [0.15, 0.2) is 12.1 Å². The Morgan fingerprint density at radius 3 is 2.45 bits per heavy atom. The van der Waals surface area contributed by atoms with Gasteiger partial charge in [-0.15, -0.1) is 0 Å². The van der Waals surface area contributed by atoms with Gasteiger partial charge >= 0.3 is 12.3 Å². The lowest BCUT2D eigenvalue weighted by Crippen LogP contribution is -2.41. The van der Waals surface area contributed by atoms with Crippen LogP contribution in [0.2, 0.25) is 5.02 Å². The van der Waals surface area contributed by atoms with E-state index >= 15 is 0 Å². The fraction of sp³-hybridized carbons (Fsp3) is 0.462. The number of nitrogen functional groups attached to an aromatic ring is 1. The van der Waals surface area contributed by atoms with Gasteiger partial charge in [0.05, 0.1) is 22.0 Å². The Morgan fingerprint density at radius 1 is 1.36 bits per heavy atom. The molecule has 1 heterocycles. The Bertz CT molecular complexity index is 572. The number of nitrogens with zero attached hydrogens (tertiary/aromatic N) is 1. The number of carbonyl (C=O) groups is 1. The number of rotatable bonds is 2. The summed E-state index contributed by atoms with van der Waals surface area (Å²) in [6, 6.07) is 1.89. The summed E-state index contributed by atoms with van der Waals surface area (Å²) in [5.41, 5.74) is 4.96. The van der Waals surface area contributed by atoms with E-state index in [1.54, 1.807) is 0 Å². The first-order valence-corrected chi connectivity index (χ1v) is 6.97. The molecule has 1 aliphatic heterocycles. The fourth-order valence-electron chi connectivity index (χ4n) is 2.37. The third kappa shape index (κ3) is 3.68. The molecule has 0 aliphatic carbocycles. The maximum atomic E-state index is 12.7. The maximum absolute atomic E-state index is 12.7. The lowest BCUT2D eigenvalue weighted by atomic mass is 10.0. The Morgan fingerprint density at radius 2 is 1.95 bits per heavy atom. The molecule has 1 aromatic rings. The van der Waals surface area contributed by atoms with Crippen LogP contribution in [0.25, 0.3) is 0 Å². The first kappa shape index (κ1) is 16.5. The normalized spacial score (nSPS) is 16.6. The van der Waals surface area contributed by atoms with Gasteiger partial charge in [0, 0.05) is 19.1 Å². The molecule has 122 valence electrons. The molecule has 22 heavy (non-hydrogen) atoms. The highest BCUT2D eigenvalue weighted by molar-refractivity contribution is 6.32. The zero-order valence-corrected chi connectivity index (χ0v) is 12.2. The average molecular weight is 338 g/mol. The molecule has 9 heteroatoms. The van der Waals surface area contributed by atoms with Gasteiger partial charge in [0.15, 0.2) is 0 Å². The van der Waals surface area contributed by atoms with Gasteiger partial charge in [-0.1, -0.05) is 11.6 Å². The second-order valence-electron chi connectivity index (χ2n) is 5.11. The monoisotopic (exact) mass is 337 g/mol. The molecule has 4 N–H and O–H groups in total. The molecular weight excluding hydrogens is 323 g/mol. The van der Waals surface area contributed by atoms with Crippen LogP contribution in [0.1, 0.15) is 18.4 Å². The summed E-state index contributed by atoms with van der Waals surface area (Å²) in [5, 5.41) is 11.5. The number of nitrogens with one attached hydrogen (secondary N) is 1. The Kier molecular flexibility index (Phi) is 4.60. The van der Waals surface area contributed by atoms with Crippen LogP contribution in [-0.2, 0) is 6.18 Å². The molecule has 0 aromatic heterocycles. The molecule has 0 bridgehead atoms. The van der Waals surface area contributed by atoms with Gasteiger partial charge in [-0.25, -0.2) is 4.79 Å². The summed E-state index contributed by atoms with van der Waals surface area (Å²) in [5.74, 6) is 0. The van der Waals surface area contributed by atoms with Crippen LogP contribution < -0.4 is 11.1 Å². The number of likely N-dealkylation sites (tertiary alicyclic amines) is 1. The number of amides is 1. The van der Waals surface area contributed by atoms with Crippen LogP contribution in [-0.4, -0.2) is 35.2 Å². The first-order chi connectivity index (χ1) is 10.2. The summed E-state index contributed by atoms with van der Waals surface area (Å²) in [6.45, 7) is 0.725. The topological polar surface area (TPSA) is 78.6 Å². The molecule has 2 rings (SSSR count). The number of anilines is 2. The van der Waals surface area contributed by atoms with E-state index in [9.17, 15) is 18.0 Å². The summed E-state index contributed by atoms with van der Waals surface area (Å²) in [4.78, 5) is 12.1. The zero-order chi connectivity index (χ0) is 16.5. The van der Waals surface area contributed by atoms with E-state index in [1.165, 1.54) is 4.90 Å². The number of halogens is 4. The van der Waals surface area contributed by atoms with Crippen LogP contribution in [0.5, 0.6) is 0 Å². The number of piperidine rings is 1. The zero-order valence-electron chi connectivity index (χ0n) is 11.5. The predicted octanol–water partition coefficient (Wildman–Crippen LogP) is 3.50. The van der Waals surface area contributed by atoms with Crippen molar-refractivity contribution in [1.29, 1.82) is 0 Å². The summed E-state index contributed by atoms with van der Waals surface area (Å²) >= 11 is 5.67. The lowest BCUT2D eigenvalue weighted by molar-refractivity contribution is -0.137. The predicted molar refractivity (Wildman–Crippen MR) is 77.1 cm³/mol. The van der Waals surface area contributed by atoms with Crippen molar-refractivity contribution in [3.63, 3.8) is 0 Å². The van der Waals surface area contributed by atoms with Crippen molar-refractivity contribution >= 4 is 29.1 Å². The highest BCUT2D eigenvalue weighted by Crippen LogP contribution is 2.38. The second-order valence-corrected chi connectivity index (χ2v) is 5.51. The fourth-order valence-corrected chi connectivity index (χ4v) is 2.64. The minimum Gasteiger partial charge on any atom is -0.465 e. The van der Waals surface area contributed by atoms with E-state index in [-0.39, 0.29) is 11.7 Å². The van der Waals surface area contributed by atoms with Crippen molar-refractivity contribution < 1.29 is 23.1 Å². The van der Waals surface area contributed by atoms with Crippen LogP contribution in [0.4, 0.5) is 29.3 Å². The van der Waals surface area contributed by atoms with Crippen LogP contribution in [0.3, 0.4) is 0 Å². The number of nitrogens with two attached hydrogens (primary N) is 1. The Balaban J connectivity index is 2.08. The first-order valence-electron chi connectivity index (χ1n) is 6.59. The van der Waals surface area contributed by atoms with Gasteiger partial charge in [0.25, 0.3) is 0 Å². The molecule has 0 atom stereocenters. The van der Waals surface area contributed by atoms with Crippen molar-refractivity contribution in [2.24, 2.45) is 0 Å². The molecule has 1 aliphatic rings. The van der Waals surface area contributed by atoms with E-state index in [4.69, 9.17) is 22.4 Å². The van der Waals surface area contributed by atoms with E-state index < -0.39 is 22.9 Å². The number of hydrogen-bond acceptors (Lipinski definition) is 3. The third-order valence-corrected chi connectivity index (χ3v) is 3.88. The van der Waals surface area contributed by atoms with Crippen molar-refractivity contribution in [3.8, 4) is 0 Å². The SMILES string of the molecule is Nc1cc(C(F)(F)F)c(Cl)cc1NC1CCN(C(=O)O)CC1. The van der Waals surface area contributed by atoms with Gasteiger partial charge in [0.1, 0.15) is 0 Å². The van der Waals surface area contributed by atoms with E-state index in [1.807, 2.05) is 0 Å². The Labute approximate surface area is 129 Å². The van der Waals surface area contributed by atoms with Crippen molar-refractivity contribution in [2.45, 2.75) is 25.1 Å². The second kappa shape index (κ2) is 6.12. The quantitative estimate of drug-likeness (QED) is 0.722. The third-order valence-electron chi connectivity index (χ3n) is 3.57. The van der Waals surface area contributed by atoms with E-state index in [0.717, 1.165) is 12.1 Å². The van der Waals surface area contributed by atoms with Gasteiger partial charge < -0.3 is 21.1 Å². The number of carboxylic acid groups (broad SMARTS) is 1. The highest BCUT2D eigenvalue weighted by atomic mass is 35.5. The van der Waals surface area contributed by atoms with Gasteiger partial charge in [0.2, 0.25) is 0 Å². The highest BCUT2D eigenvalue weighted by Gasteiger charge is 2.34. The smallest absolute Gasteiger partial charge is 0.417 e. The number of alkyl halides is 3. The molecular formula is C13H15ClF3N3O2. The van der Waals surface area contributed by atoms with Crippen LogP contribution in [0, 0.1) is 0 Å². The summed E-state index contributed by atoms with van der Waals surface area (Å²) in [6.07, 6.45) is -4.44. The Hall–Kier alpha value is -1.83. The van der Waals surface area contributed by atoms with Crippen molar-refractivity contribution in [1.82, 2.24) is 4.90 Å². The number of hydrogen-bond donors (Lipinski definition) is 3. The summed E-state index contributed by atoms with van der Waals surface area (Å²) in [7, 11) is 0. The molecule has 1 aromatic carbocycles. The van der Waals surface area contributed by atoms with E-state index in [0.29, 0.717) is 31.6 Å². The standard InChI is InChI=1S/C13H15ClF3N3O2/c14-9-6-11(10(18)5-8(9)13(15,16)17)19-7-1-3-20(4-2-7)12(21)22/h5-7,19H,1-4,18H2,(H,21,22). The molecule has 0 saturated carbocycles. The van der Waals surface area contributed by atoms with Gasteiger partial charge in [-0.05, 0) is 25.0 Å². The molecule has 1 amide bonds. The van der Waals surface area contributed by atoms with Gasteiger partial charge in [-0.2, -0.15) is 13.2 Å². The molecule has 1 fully saturated rings. The minimum atomic E-state index is -4.56. The molecule has 0 spiro atoms. The minimum absolute atomic E-state index is 0.0441. The largest absolute Gasteiger partial charge is 0.465 e. The summed E-state index contributed by atoms with van der Waals surface area (Å²) < 4.78 is 38.1. The van der Waals surface area contributed by atoms with E-state index in [2.05, 4.69) is 5.32 Å². The molecule has 1 saturated heterocycles. The van der Waals surface area contributed by atoms with Crippen LogP contribution >= 0.6 is 11.6 Å². The number of benzene rings is 1. The molecule has 0 radical (unpaired) electrons.